The lowest BCUT2D eigenvalue weighted by Crippen LogP contribution is -2.24. The highest BCUT2D eigenvalue weighted by Gasteiger charge is 2.42. The zero-order valence-electron chi connectivity index (χ0n) is 10.6. The first kappa shape index (κ1) is 11.9. The second kappa shape index (κ2) is 4.85. The lowest BCUT2D eigenvalue weighted by Gasteiger charge is -2.30. The van der Waals surface area contributed by atoms with E-state index in [1.54, 1.807) is 0 Å². The third-order valence-corrected chi connectivity index (χ3v) is 4.83. The van der Waals surface area contributed by atoms with Gasteiger partial charge in [-0.2, -0.15) is 0 Å². The number of rotatable bonds is 2. The Labute approximate surface area is 108 Å². The van der Waals surface area contributed by atoms with Crippen molar-refractivity contribution in [3.63, 3.8) is 0 Å². The van der Waals surface area contributed by atoms with E-state index in [-0.39, 0.29) is 18.4 Å². The average Bonchev–Trinajstić information content (AvgIpc) is 2.66. The van der Waals surface area contributed by atoms with Crippen molar-refractivity contribution in [1.82, 2.24) is 0 Å². The minimum absolute atomic E-state index is 0.208. The number of Topliss-reactive ketones (excluding diaryl/α,β-unsaturated/α-hetero) is 1. The molecule has 4 rings (SSSR count). The minimum Gasteiger partial charge on any atom is -0.396 e. The maximum Gasteiger partial charge on any atom is 0.136 e. The number of aliphatic hydroxyl groups excluding tert-OH is 1. The Hall–Kier alpha value is -1.15. The summed E-state index contributed by atoms with van der Waals surface area (Å²) in [7, 11) is 0. The zero-order valence-corrected chi connectivity index (χ0v) is 10.6. The van der Waals surface area contributed by atoms with Gasteiger partial charge in [-0.3, -0.25) is 4.79 Å². The normalized spacial score (nSPS) is 35.5. The average molecular weight is 244 g/mol. The van der Waals surface area contributed by atoms with Gasteiger partial charge in [0.15, 0.2) is 0 Å². The molecule has 3 saturated carbocycles. The van der Waals surface area contributed by atoms with Crippen LogP contribution in [0.15, 0.2) is 30.3 Å². The summed E-state index contributed by atoms with van der Waals surface area (Å²) >= 11 is 0. The molecule has 4 unspecified atom stereocenters. The maximum atomic E-state index is 12.0. The lowest BCUT2D eigenvalue weighted by molar-refractivity contribution is -0.125. The van der Waals surface area contributed by atoms with Gasteiger partial charge in [0, 0.05) is 18.9 Å². The van der Waals surface area contributed by atoms with Gasteiger partial charge in [-0.1, -0.05) is 30.3 Å². The summed E-state index contributed by atoms with van der Waals surface area (Å²) in [5, 5.41) is 9.69. The van der Waals surface area contributed by atoms with Crippen molar-refractivity contribution < 1.29 is 9.90 Å². The second-order valence-electron chi connectivity index (χ2n) is 5.82. The maximum absolute atomic E-state index is 12.0. The molecule has 2 nitrogen and oxygen atoms in total. The number of hydrogen-bond donors (Lipinski definition) is 1. The van der Waals surface area contributed by atoms with Crippen molar-refractivity contribution in [2.45, 2.75) is 31.6 Å². The van der Waals surface area contributed by atoms with E-state index in [0.29, 0.717) is 17.6 Å². The van der Waals surface area contributed by atoms with E-state index in [4.69, 9.17) is 0 Å². The highest BCUT2D eigenvalue weighted by molar-refractivity contribution is 5.82. The fraction of sp³-hybridized carbons (Fsp3) is 0.562. The summed E-state index contributed by atoms with van der Waals surface area (Å²) in [6.07, 6.45) is 3.78. The Morgan fingerprint density at radius 1 is 1.17 bits per heavy atom. The molecule has 0 aromatic heterocycles. The van der Waals surface area contributed by atoms with Crippen LogP contribution in [-0.2, 0) is 4.79 Å². The van der Waals surface area contributed by atoms with Gasteiger partial charge in [-0.05, 0) is 42.6 Å². The minimum atomic E-state index is 0.208. The molecule has 1 aromatic carbocycles. The third kappa shape index (κ3) is 1.99. The standard InChI is InChI=1S/C16H20O2/c17-10-14-8-12-6-7-13(9-15(12)18)16(14)11-4-2-1-3-5-11/h1-5,12-14,16-17H,6-10H2. The first-order valence-electron chi connectivity index (χ1n) is 6.98. The highest BCUT2D eigenvalue weighted by atomic mass is 16.3. The molecular weight excluding hydrogens is 224 g/mol. The molecule has 2 bridgehead atoms. The van der Waals surface area contributed by atoms with Gasteiger partial charge in [0.1, 0.15) is 5.78 Å². The van der Waals surface area contributed by atoms with Crippen molar-refractivity contribution in [3.05, 3.63) is 35.9 Å². The first-order valence-corrected chi connectivity index (χ1v) is 6.98. The monoisotopic (exact) mass is 244 g/mol. The van der Waals surface area contributed by atoms with Gasteiger partial charge in [-0.15, -0.1) is 0 Å². The van der Waals surface area contributed by atoms with E-state index in [1.165, 1.54) is 5.56 Å². The fourth-order valence-corrected chi connectivity index (χ4v) is 3.96. The molecule has 2 heteroatoms. The number of aliphatic hydroxyl groups is 1. The molecule has 0 aliphatic heterocycles. The van der Waals surface area contributed by atoms with Gasteiger partial charge >= 0.3 is 0 Å². The van der Waals surface area contributed by atoms with Crippen LogP contribution >= 0.6 is 0 Å². The third-order valence-electron chi connectivity index (χ3n) is 4.83. The molecular formula is C16H20O2. The van der Waals surface area contributed by atoms with Gasteiger partial charge in [0.05, 0.1) is 0 Å². The van der Waals surface area contributed by atoms with E-state index < -0.39 is 0 Å². The molecule has 0 spiro atoms. The number of fused-ring (bicyclic) bond motifs is 4. The van der Waals surface area contributed by atoms with Crippen LogP contribution in [0.3, 0.4) is 0 Å². The molecule has 3 fully saturated rings. The van der Waals surface area contributed by atoms with Gasteiger partial charge in [-0.25, -0.2) is 0 Å². The lowest BCUT2D eigenvalue weighted by atomic mass is 9.75. The molecule has 0 heterocycles. The van der Waals surface area contributed by atoms with Crippen LogP contribution in [0.5, 0.6) is 0 Å². The van der Waals surface area contributed by atoms with Crippen LogP contribution in [0.25, 0.3) is 0 Å². The predicted molar refractivity (Wildman–Crippen MR) is 70.2 cm³/mol. The fourth-order valence-electron chi connectivity index (χ4n) is 3.96. The first-order chi connectivity index (χ1) is 8.79. The van der Waals surface area contributed by atoms with Crippen molar-refractivity contribution in [1.29, 1.82) is 0 Å². The number of ketones is 1. The topological polar surface area (TPSA) is 37.3 Å². The van der Waals surface area contributed by atoms with E-state index >= 15 is 0 Å². The predicted octanol–water partition coefficient (Wildman–Crippen LogP) is 2.77. The Kier molecular flexibility index (Phi) is 3.21. The Morgan fingerprint density at radius 2 is 1.94 bits per heavy atom. The number of carbonyl (C=O) groups is 1. The van der Waals surface area contributed by atoms with Crippen LogP contribution in [0.1, 0.15) is 37.2 Å². The molecule has 96 valence electrons. The summed E-state index contributed by atoms with van der Waals surface area (Å²) in [4.78, 5) is 12.0. The Bertz CT molecular complexity index is 426. The molecule has 0 amide bonds. The van der Waals surface area contributed by atoms with Crippen LogP contribution in [-0.4, -0.2) is 17.5 Å². The van der Waals surface area contributed by atoms with Gasteiger partial charge in [0.2, 0.25) is 0 Å². The summed E-state index contributed by atoms with van der Waals surface area (Å²) in [6.45, 7) is 0.208. The molecule has 3 aliphatic rings. The van der Waals surface area contributed by atoms with Gasteiger partial charge in [0.25, 0.3) is 0 Å². The van der Waals surface area contributed by atoms with Crippen molar-refractivity contribution >= 4 is 5.78 Å². The quantitative estimate of drug-likeness (QED) is 0.868. The van der Waals surface area contributed by atoms with E-state index in [0.717, 1.165) is 25.7 Å². The van der Waals surface area contributed by atoms with Crippen molar-refractivity contribution in [3.8, 4) is 0 Å². The van der Waals surface area contributed by atoms with E-state index in [2.05, 4.69) is 24.3 Å². The summed E-state index contributed by atoms with van der Waals surface area (Å²) in [5.41, 5.74) is 1.30. The molecule has 0 radical (unpaired) electrons. The van der Waals surface area contributed by atoms with Crippen LogP contribution in [0, 0.1) is 17.8 Å². The molecule has 18 heavy (non-hydrogen) atoms. The van der Waals surface area contributed by atoms with Crippen LogP contribution in [0.2, 0.25) is 0 Å². The van der Waals surface area contributed by atoms with Crippen LogP contribution in [0.4, 0.5) is 0 Å². The Balaban J connectivity index is 1.97. The zero-order chi connectivity index (χ0) is 12.5. The van der Waals surface area contributed by atoms with E-state index in [1.807, 2.05) is 6.07 Å². The van der Waals surface area contributed by atoms with Crippen LogP contribution < -0.4 is 0 Å². The number of carbonyl (C=O) groups excluding carboxylic acids is 1. The smallest absolute Gasteiger partial charge is 0.136 e. The largest absolute Gasteiger partial charge is 0.396 e. The van der Waals surface area contributed by atoms with E-state index in [9.17, 15) is 9.90 Å². The van der Waals surface area contributed by atoms with Gasteiger partial charge < -0.3 is 5.11 Å². The molecule has 1 aromatic rings. The van der Waals surface area contributed by atoms with Crippen molar-refractivity contribution in [2.75, 3.05) is 6.61 Å². The number of hydrogen-bond acceptors (Lipinski definition) is 2. The molecule has 3 aliphatic carbocycles. The molecule has 0 saturated heterocycles. The highest BCUT2D eigenvalue weighted by Crippen LogP contribution is 2.48. The summed E-state index contributed by atoms with van der Waals surface area (Å²) < 4.78 is 0. The molecule has 4 atom stereocenters. The Morgan fingerprint density at radius 3 is 2.61 bits per heavy atom. The number of benzene rings is 1. The SMILES string of the molecule is O=C1CC2CCC1CC(CO)C2c1ccccc1. The summed E-state index contributed by atoms with van der Waals surface area (Å²) in [6, 6.07) is 10.4. The van der Waals surface area contributed by atoms with Crippen molar-refractivity contribution in [2.24, 2.45) is 17.8 Å². The summed E-state index contributed by atoms with van der Waals surface area (Å²) in [5.74, 6) is 1.72. The second-order valence-corrected chi connectivity index (χ2v) is 5.82. The molecule has 1 N–H and O–H groups in total.